The van der Waals surface area contributed by atoms with Crippen molar-refractivity contribution in [2.75, 3.05) is 0 Å². The number of fused-ring (bicyclic) bond motifs is 9. The summed E-state index contributed by atoms with van der Waals surface area (Å²) < 4.78 is 4.34. The van der Waals surface area contributed by atoms with Crippen LogP contribution in [-0.2, 0) is 0 Å². The quantitative estimate of drug-likeness (QED) is 0.135. The van der Waals surface area contributed by atoms with Crippen LogP contribution in [0.2, 0.25) is 0 Å². The summed E-state index contributed by atoms with van der Waals surface area (Å²) in [5, 5.41) is 6.41. The van der Waals surface area contributed by atoms with Gasteiger partial charge in [0.2, 0.25) is 0 Å². The first-order chi connectivity index (χ1) is 37.6. The van der Waals surface area contributed by atoms with E-state index < -0.39 is 0 Å². The molecule has 0 bridgehead atoms. The topological polar surface area (TPSA) is 139 Å². The van der Waals surface area contributed by atoms with Crippen LogP contribution in [0.25, 0.3) is 145 Å². The molecular weight excluding hydrogens is 937 g/mol. The number of hydrogen-bond donors (Lipinski definition) is 0. The van der Waals surface area contributed by atoms with E-state index in [4.69, 9.17) is 39.9 Å². The largest absolute Gasteiger partial charge is 0.292 e. The highest BCUT2D eigenvalue weighted by molar-refractivity contribution is 6.10. The van der Waals surface area contributed by atoms with Gasteiger partial charge >= 0.3 is 0 Å². The number of nitrogens with zero attached hydrogens (tertiary/aromatic N) is 12. The lowest BCUT2D eigenvalue weighted by molar-refractivity contribution is 1.07. The number of para-hydroxylation sites is 2. The van der Waals surface area contributed by atoms with E-state index >= 15 is 0 Å². The van der Waals surface area contributed by atoms with Gasteiger partial charge in [0.15, 0.2) is 0 Å². The molecule has 3 aromatic carbocycles. The molecule has 0 aliphatic heterocycles. The van der Waals surface area contributed by atoms with Crippen molar-refractivity contribution in [1.29, 1.82) is 0 Å². The first-order valence-corrected chi connectivity index (χ1v) is 24.8. The lowest BCUT2D eigenvalue weighted by Crippen LogP contribution is -2.00. The van der Waals surface area contributed by atoms with Crippen molar-refractivity contribution in [3.05, 3.63) is 232 Å². The summed E-state index contributed by atoms with van der Waals surface area (Å²) in [4.78, 5) is 49.5. The maximum Gasteiger partial charge on any atom is 0.138 e. The van der Waals surface area contributed by atoms with Crippen molar-refractivity contribution < 1.29 is 0 Å². The highest BCUT2D eigenvalue weighted by atomic mass is 15.1. The molecule has 0 radical (unpaired) electrons. The number of hydrogen-bond acceptors (Lipinski definition) is 10. The van der Waals surface area contributed by atoms with E-state index in [0.717, 1.165) is 139 Å². The lowest BCUT2D eigenvalue weighted by atomic mass is 10.0. The van der Waals surface area contributed by atoms with E-state index in [1.807, 2.05) is 110 Å². The third-order valence-corrected chi connectivity index (χ3v) is 14.1. The number of rotatable bonds is 8. The second-order valence-corrected chi connectivity index (χ2v) is 18.6. The van der Waals surface area contributed by atoms with Crippen LogP contribution in [0.4, 0.5) is 0 Å². The van der Waals surface area contributed by atoms with Crippen molar-refractivity contribution in [2.24, 2.45) is 0 Å². The van der Waals surface area contributed by atoms with Crippen molar-refractivity contribution in [3.8, 4) is 79.4 Å². The summed E-state index contributed by atoms with van der Waals surface area (Å²) in [6.07, 6.45) is 14.8. The Hall–Kier alpha value is -10.7. The van der Waals surface area contributed by atoms with Crippen molar-refractivity contribution in [2.45, 2.75) is 0 Å². The Morgan fingerprint density at radius 3 is 1.34 bits per heavy atom. The Kier molecular flexibility index (Phi) is 9.88. The van der Waals surface area contributed by atoms with Gasteiger partial charge in [-0.1, -0.05) is 72.8 Å². The van der Waals surface area contributed by atoms with Crippen LogP contribution in [0.5, 0.6) is 0 Å². The van der Waals surface area contributed by atoms with Gasteiger partial charge in [-0.25, -0.2) is 19.9 Å². The molecular formula is C64H38N12. The molecule has 76 heavy (non-hydrogen) atoms. The SMILES string of the molecule is c1ccc(-c2cc(-c3cccc(-n4c5ccccc5c5ccncc54)n3)cc(-c3cnc4c(ccc5cc(-c6cc(-c7ccccn7)nc(-c7cccc(-n8c9ccccc9c9ccncc98)n7)c6)cnc54)c3)n2)nc1. The van der Waals surface area contributed by atoms with Crippen molar-refractivity contribution in [1.82, 2.24) is 59.0 Å². The predicted octanol–water partition coefficient (Wildman–Crippen LogP) is 14.1. The molecule has 0 atom stereocenters. The summed E-state index contributed by atoms with van der Waals surface area (Å²) in [7, 11) is 0. The molecule has 0 N–H and O–H groups in total. The van der Waals surface area contributed by atoms with Gasteiger partial charge in [-0.15, -0.1) is 0 Å². The molecule has 0 aliphatic carbocycles. The van der Waals surface area contributed by atoms with Gasteiger partial charge in [0.05, 0.1) is 91.0 Å². The van der Waals surface area contributed by atoms with Crippen LogP contribution in [0.1, 0.15) is 0 Å². The average molecular weight is 975 g/mol. The first-order valence-electron chi connectivity index (χ1n) is 24.8. The minimum atomic E-state index is 0.708. The minimum absolute atomic E-state index is 0.708. The minimum Gasteiger partial charge on any atom is -0.292 e. The van der Waals surface area contributed by atoms with Gasteiger partial charge in [0.25, 0.3) is 0 Å². The molecule has 0 unspecified atom stereocenters. The summed E-state index contributed by atoms with van der Waals surface area (Å²) in [6, 6.07) is 61.5. The van der Waals surface area contributed by atoms with Gasteiger partial charge in [-0.05, 0) is 115 Å². The molecule has 354 valence electrons. The fraction of sp³-hybridized carbons (Fsp3) is 0. The molecule has 15 aromatic rings. The number of benzene rings is 3. The molecule has 12 nitrogen and oxygen atoms in total. The van der Waals surface area contributed by atoms with E-state index in [0.29, 0.717) is 5.69 Å². The van der Waals surface area contributed by atoms with Gasteiger partial charge in [0.1, 0.15) is 11.6 Å². The smallest absolute Gasteiger partial charge is 0.138 e. The normalized spacial score (nSPS) is 11.7. The Balaban J connectivity index is 0.810. The zero-order valence-corrected chi connectivity index (χ0v) is 40.3. The van der Waals surface area contributed by atoms with E-state index in [1.54, 1.807) is 12.4 Å². The molecule has 12 heteroatoms. The van der Waals surface area contributed by atoms with Gasteiger partial charge in [0, 0.05) is 86.2 Å². The number of aromatic nitrogens is 12. The Morgan fingerprint density at radius 2 is 0.737 bits per heavy atom. The average Bonchev–Trinajstić information content (AvgIpc) is 4.06. The Labute approximate surface area is 433 Å². The molecule has 0 saturated heterocycles. The van der Waals surface area contributed by atoms with E-state index in [2.05, 4.69) is 128 Å². The predicted molar refractivity (Wildman–Crippen MR) is 301 cm³/mol. The molecule has 0 spiro atoms. The molecule has 15 rings (SSSR count). The zero-order chi connectivity index (χ0) is 50.1. The highest BCUT2D eigenvalue weighted by Gasteiger charge is 2.19. The van der Waals surface area contributed by atoms with E-state index in [1.165, 1.54) is 0 Å². The summed E-state index contributed by atoms with van der Waals surface area (Å²) >= 11 is 0. The monoisotopic (exact) mass is 974 g/mol. The molecule has 0 fully saturated rings. The van der Waals surface area contributed by atoms with Crippen LogP contribution in [0.15, 0.2) is 232 Å². The second-order valence-electron chi connectivity index (χ2n) is 18.6. The fourth-order valence-corrected chi connectivity index (χ4v) is 10.6. The van der Waals surface area contributed by atoms with Crippen LogP contribution >= 0.6 is 0 Å². The summed E-state index contributed by atoms with van der Waals surface area (Å²) in [5.74, 6) is 1.56. The molecule has 0 amide bonds. The van der Waals surface area contributed by atoms with Gasteiger partial charge in [-0.3, -0.25) is 39.0 Å². The van der Waals surface area contributed by atoms with Crippen molar-refractivity contribution >= 4 is 65.4 Å². The van der Waals surface area contributed by atoms with Crippen LogP contribution in [0.3, 0.4) is 0 Å². The molecule has 0 aliphatic rings. The maximum absolute atomic E-state index is 5.29. The third-order valence-electron chi connectivity index (χ3n) is 14.1. The third kappa shape index (κ3) is 7.23. The summed E-state index contributed by atoms with van der Waals surface area (Å²) in [5.41, 5.74) is 15.2. The lowest BCUT2D eigenvalue weighted by Gasteiger charge is -2.13. The van der Waals surface area contributed by atoms with Crippen LogP contribution in [0, 0.1) is 0 Å². The Morgan fingerprint density at radius 1 is 0.263 bits per heavy atom. The van der Waals surface area contributed by atoms with E-state index in [-0.39, 0.29) is 0 Å². The highest BCUT2D eigenvalue weighted by Crippen LogP contribution is 2.37. The van der Waals surface area contributed by atoms with Crippen LogP contribution < -0.4 is 0 Å². The summed E-state index contributed by atoms with van der Waals surface area (Å²) in [6.45, 7) is 0. The Bertz CT molecular complexity index is 4370. The van der Waals surface area contributed by atoms with E-state index in [9.17, 15) is 0 Å². The van der Waals surface area contributed by atoms with Gasteiger partial charge in [-0.2, -0.15) is 0 Å². The number of pyridine rings is 10. The first kappa shape index (κ1) is 42.9. The molecule has 12 aromatic heterocycles. The van der Waals surface area contributed by atoms with Crippen molar-refractivity contribution in [3.63, 3.8) is 0 Å². The fourth-order valence-electron chi connectivity index (χ4n) is 10.6. The second kappa shape index (κ2) is 17.5. The molecule has 0 saturated carbocycles. The molecule has 12 heterocycles. The standard InChI is InChI=1S/C64H38N12/c1-3-17-57-45(11-1)47-23-27-65-37-59(47)75(57)61-19-9-15-49(73-61)42-33-53(71-55(34-42)51-14-6-8-26-68-51)44-30-40-22-21-39-29-43(35-69-63(39)64(40)70-36-44)41-31-54(50-13-5-7-25-67-50)72-56(32-41)52-16-10-20-62(74-52)76-58-18-4-2-12-46(58)48-24-28-66-38-60(48)76/h1-38H. The van der Waals surface area contributed by atoms with Gasteiger partial charge < -0.3 is 0 Å². The maximum atomic E-state index is 5.29. The zero-order valence-electron chi connectivity index (χ0n) is 40.3. The van der Waals surface area contributed by atoms with Crippen LogP contribution in [-0.4, -0.2) is 59.0 Å².